The van der Waals surface area contributed by atoms with Gasteiger partial charge in [0.05, 0.1) is 7.11 Å². The van der Waals surface area contributed by atoms with Gasteiger partial charge in [-0.1, -0.05) is 19.1 Å². The first-order valence-electron chi connectivity index (χ1n) is 6.60. The van der Waals surface area contributed by atoms with Gasteiger partial charge in [0.1, 0.15) is 5.75 Å². The van der Waals surface area contributed by atoms with Gasteiger partial charge in [0.2, 0.25) is 11.8 Å². The number of benzene rings is 1. The second-order valence-electron chi connectivity index (χ2n) is 4.94. The zero-order valence-electron chi connectivity index (χ0n) is 12.3. The first-order valence-corrected chi connectivity index (χ1v) is 6.60. The van der Waals surface area contributed by atoms with E-state index in [1.54, 1.807) is 26.0 Å². The molecule has 0 saturated carbocycles. The first-order chi connectivity index (χ1) is 9.43. The van der Waals surface area contributed by atoms with Crippen molar-refractivity contribution >= 4 is 11.8 Å². The molecule has 1 aromatic rings. The average Bonchev–Trinajstić information content (AvgIpc) is 2.44. The summed E-state index contributed by atoms with van der Waals surface area (Å²) in [6, 6.07) is 7.58. The highest BCUT2D eigenvalue weighted by molar-refractivity contribution is 5.79. The van der Waals surface area contributed by atoms with Crippen molar-refractivity contribution in [2.45, 2.75) is 26.3 Å². The van der Waals surface area contributed by atoms with Crippen molar-refractivity contribution in [2.75, 3.05) is 14.2 Å². The van der Waals surface area contributed by atoms with Gasteiger partial charge in [-0.25, -0.2) is 0 Å². The van der Waals surface area contributed by atoms with Crippen LogP contribution in [0.4, 0.5) is 0 Å². The fraction of sp³-hybridized carbons (Fsp3) is 0.467. The summed E-state index contributed by atoms with van der Waals surface area (Å²) in [5.74, 6) is 0.163. The summed E-state index contributed by atoms with van der Waals surface area (Å²) in [4.78, 5) is 24.5. The van der Waals surface area contributed by atoms with E-state index in [4.69, 9.17) is 10.5 Å². The predicted octanol–water partition coefficient (Wildman–Crippen LogP) is 1.56. The van der Waals surface area contributed by atoms with Crippen LogP contribution in [0.1, 0.15) is 25.3 Å². The molecular weight excluding hydrogens is 256 g/mol. The molecule has 5 heteroatoms. The van der Waals surface area contributed by atoms with E-state index in [1.807, 2.05) is 24.3 Å². The number of carbonyl (C=O) groups excluding carboxylic acids is 2. The fourth-order valence-corrected chi connectivity index (χ4v) is 1.77. The molecule has 0 aromatic heterocycles. The van der Waals surface area contributed by atoms with Crippen molar-refractivity contribution in [1.82, 2.24) is 4.90 Å². The summed E-state index contributed by atoms with van der Waals surface area (Å²) in [7, 11) is 3.37. The average molecular weight is 278 g/mol. The summed E-state index contributed by atoms with van der Waals surface area (Å²) in [5, 5.41) is 0. The molecule has 0 aliphatic rings. The number of carbonyl (C=O) groups is 2. The monoisotopic (exact) mass is 278 g/mol. The molecule has 2 amide bonds. The van der Waals surface area contributed by atoms with Crippen LogP contribution in [-0.4, -0.2) is 30.9 Å². The quantitative estimate of drug-likeness (QED) is 0.822. The smallest absolute Gasteiger partial charge is 0.222 e. The third kappa shape index (κ3) is 4.91. The van der Waals surface area contributed by atoms with Crippen molar-refractivity contribution in [3.05, 3.63) is 29.8 Å². The maximum absolute atomic E-state index is 11.9. The van der Waals surface area contributed by atoms with Crippen LogP contribution >= 0.6 is 0 Å². The number of methoxy groups -OCH3 is 1. The molecule has 0 saturated heterocycles. The van der Waals surface area contributed by atoms with Gasteiger partial charge >= 0.3 is 0 Å². The molecule has 110 valence electrons. The Morgan fingerprint density at radius 2 is 1.90 bits per heavy atom. The largest absolute Gasteiger partial charge is 0.497 e. The Labute approximate surface area is 119 Å². The second-order valence-corrected chi connectivity index (χ2v) is 4.94. The van der Waals surface area contributed by atoms with Crippen molar-refractivity contribution in [2.24, 2.45) is 11.7 Å². The second kappa shape index (κ2) is 7.53. The normalized spacial score (nSPS) is 11.8. The topological polar surface area (TPSA) is 72.6 Å². The third-order valence-electron chi connectivity index (χ3n) is 3.28. The highest BCUT2D eigenvalue weighted by Crippen LogP contribution is 2.13. The molecule has 0 unspecified atom stereocenters. The van der Waals surface area contributed by atoms with Crippen molar-refractivity contribution in [3.63, 3.8) is 0 Å². The first kappa shape index (κ1) is 16.0. The van der Waals surface area contributed by atoms with Gasteiger partial charge in [-0.15, -0.1) is 0 Å². The van der Waals surface area contributed by atoms with E-state index < -0.39 is 0 Å². The molecule has 0 bridgehead atoms. The van der Waals surface area contributed by atoms with Gasteiger partial charge in [-0.05, 0) is 24.1 Å². The lowest BCUT2D eigenvalue weighted by Gasteiger charge is -2.18. The molecule has 5 nitrogen and oxygen atoms in total. The van der Waals surface area contributed by atoms with Crippen LogP contribution in [0, 0.1) is 5.92 Å². The Hall–Kier alpha value is -2.04. The number of hydrogen-bond acceptors (Lipinski definition) is 3. The SMILES string of the molecule is COc1ccc(CN(C)C(=O)CC[C@H](C)C(N)=O)cc1. The van der Waals surface area contributed by atoms with Crippen LogP contribution in [0.15, 0.2) is 24.3 Å². The Kier molecular flexibility index (Phi) is 6.03. The molecule has 0 fully saturated rings. The number of amides is 2. The lowest BCUT2D eigenvalue weighted by Crippen LogP contribution is -2.28. The van der Waals surface area contributed by atoms with Crippen LogP contribution in [0.5, 0.6) is 5.75 Å². The number of hydrogen-bond donors (Lipinski definition) is 1. The Balaban J connectivity index is 2.46. The van der Waals surface area contributed by atoms with E-state index in [0.717, 1.165) is 11.3 Å². The molecule has 0 aliphatic carbocycles. The summed E-state index contributed by atoms with van der Waals surface area (Å²) in [6.45, 7) is 2.27. The maximum atomic E-state index is 11.9. The Morgan fingerprint density at radius 1 is 1.30 bits per heavy atom. The highest BCUT2D eigenvalue weighted by Gasteiger charge is 2.14. The molecule has 1 aromatic carbocycles. The number of rotatable bonds is 7. The molecule has 20 heavy (non-hydrogen) atoms. The summed E-state index contributed by atoms with van der Waals surface area (Å²) in [5.41, 5.74) is 6.21. The Morgan fingerprint density at radius 3 is 2.40 bits per heavy atom. The molecule has 2 N–H and O–H groups in total. The van der Waals surface area contributed by atoms with Crippen molar-refractivity contribution in [1.29, 1.82) is 0 Å². The fourth-order valence-electron chi connectivity index (χ4n) is 1.77. The maximum Gasteiger partial charge on any atom is 0.222 e. The van der Waals surface area contributed by atoms with Gasteiger partial charge in [0, 0.05) is 25.9 Å². The van der Waals surface area contributed by atoms with E-state index in [0.29, 0.717) is 19.4 Å². The van der Waals surface area contributed by atoms with Crippen LogP contribution in [-0.2, 0) is 16.1 Å². The molecule has 0 spiro atoms. The van der Waals surface area contributed by atoms with E-state index in [1.165, 1.54) is 0 Å². The minimum Gasteiger partial charge on any atom is -0.497 e. The molecular formula is C15H22N2O3. The minimum absolute atomic E-state index is 0.00826. The lowest BCUT2D eigenvalue weighted by atomic mass is 10.0. The number of primary amides is 1. The molecule has 1 rings (SSSR count). The standard InChI is InChI=1S/C15H22N2O3/c1-11(15(16)19)4-9-14(18)17(2)10-12-5-7-13(20-3)8-6-12/h5-8,11H,4,9-10H2,1-3H3,(H2,16,19)/t11-/m0/s1. The zero-order valence-corrected chi connectivity index (χ0v) is 12.3. The van der Waals surface area contributed by atoms with E-state index in [9.17, 15) is 9.59 Å². The third-order valence-corrected chi connectivity index (χ3v) is 3.28. The molecule has 1 atom stereocenters. The van der Waals surface area contributed by atoms with Gasteiger partial charge in [0.25, 0.3) is 0 Å². The summed E-state index contributed by atoms with van der Waals surface area (Å²) < 4.78 is 5.08. The van der Waals surface area contributed by atoms with Gasteiger partial charge in [0.15, 0.2) is 0 Å². The lowest BCUT2D eigenvalue weighted by molar-refractivity contribution is -0.131. The van der Waals surface area contributed by atoms with Crippen molar-refractivity contribution < 1.29 is 14.3 Å². The Bertz CT molecular complexity index is 457. The van der Waals surface area contributed by atoms with Crippen LogP contribution < -0.4 is 10.5 Å². The molecule has 0 heterocycles. The van der Waals surface area contributed by atoms with Crippen LogP contribution in [0.2, 0.25) is 0 Å². The summed E-state index contributed by atoms with van der Waals surface area (Å²) in [6.07, 6.45) is 0.817. The molecule has 0 radical (unpaired) electrons. The van der Waals surface area contributed by atoms with E-state index >= 15 is 0 Å². The van der Waals surface area contributed by atoms with Gasteiger partial charge in [-0.3, -0.25) is 9.59 Å². The number of nitrogens with zero attached hydrogens (tertiary/aromatic N) is 1. The zero-order chi connectivity index (χ0) is 15.1. The number of ether oxygens (including phenoxy) is 1. The van der Waals surface area contributed by atoms with Gasteiger partial charge < -0.3 is 15.4 Å². The number of nitrogens with two attached hydrogens (primary N) is 1. The molecule has 0 aliphatic heterocycles. The van der Waals surface area contributed by atoms with E-state index in [-0.39, 0.29) is 17.7 Å². The highest BCUT2D eigenvalue weighted by atomic mass is 16.5. The van der Waals surface area contributed by atoms with Gasteiger partial charge in [-0.2, -0.15) is 0 Å². The minimum atomic E-state index is -0.365. The van der Waals surface area contributed by atoms with Crippen LogP contribution in [0.25, 0.3) is 0 Å². The summed E-state index contributed by atoms with van der Waals surface area (Å²) >= 11 is 0. The van der Waals surface area contributed by atoms with E-state index in [2.05, 4.69) is 0 Å². The van der Waals surface area contributed by atoms with Crippen LogP contribution in [0.3, 0.4) is 0 Å². The van der Waals surface area contributed by atoms with Crippen molar-refractivity contribution in [3.8, 4) is 5.75 Å². The predicted molar refractivity (Wildman–Crippen MR) is 77.1 cm³/mol.